The molecule has 0 aliphatic heterocycles. The fourth-order valence-corrected chi connectivity index (χ4v) is 2.64. The molecule has 7 heteroatoms. The first kappa shape index (κ1) is 17.2. The minimum Gasteiger partial charge on any atom is -0.493 e. The van der Waals surface area contributed by atoms with Crippen LogP contribution in [-0.4, -0.2) is 31.2 Å². The Morgan fingerprint density at radius 2 is 1.96 bits per heavy atom. The Balaban J connectivity index is 2.18. The highest BCUT2D eigenvalue weighted by molar-refractivity contribution is 7.14. The van der Waals surface area contributed by atoms with E-state index in [1.54, 1.807) is 28.1 Å². The SMILES string of the molecule is COc1ccc(-c2csc(NC(=O)C(C)C(C)N)n2)cc1OC. The molecular formula is C16H21N3O3S. The summed E-state index contributed by atoms with van der Waals surface area (Å²) in [5.41, 5.74) is 7.39. The number of nitrogens with two attached hydrogens (primary N) is 1. The highest BCUT2D eigenvalue weighted by atomic mass is 32.1. The van der Waals surface area contributed by atoms with Crippen LogP contribution in [0.2, 0.25) is 0 Å². The molecule has 2 rings (SSSR count). The Bertz CT molecular complexity index is 685. The minimum absolute atomic E-state index is 0.131. The minimum atomic E-state index is -0.275. The molecule has 0 bridgehead atoms. The summed E-state index contributed by atoms with van der Waals surface area (Å²) in [6.07, 6.45) is 0. The van der Waals surface area contributed by atoms with Crippen LogP contribution in [0.1, 0.15) is 13.8 Å². The van der Waals surface area contributed by atoms with Crippen molar-refractivity contribution in [3.8, 4) is 22.8 Å². The van der Waals surface area contributed by atoms with Gasteiger partial charge in [0.2, 0.25) is 5.91 Å². The number of thiazole rings is 1. The zero-order chi connectivity index (χ0) is 17.0. The maximum Gasteiger partial charge on any atom is 0.230 e. The Kier molecular flexibility index (Phi) is 5.57. The Morgan fingerprint density at radius 3 is 2.57 bits per heavy atom. The van der Waals surface area contributed by atoms with E-state index < -0.39 is 0 Å². The van der Waals surface area contributed by atoms with Gasteiger partial charge in [0.15, 0.2) is 16.6 Å². The van der Waals surface area contributed by atoms with Gasteiger partial charge in [0, 0.05) is 17.0 Å². The largest absolute Gasteiger partial charge is 0.493 e. The van der Waals surface area contributed by atoms with Crippen LogP contribution in [0.4, 0.5) is 5.13 Å². The maximum atomic E-state index is 12.0. The quantitative estimate of drug-likeness (QED) is 0.847. The molecule has 6 nitrogen and oxygen atoms in total. The van der Waals surface area contributed by atoms with Gasteiger partial charge < -0.3 is 20.5 Å². The lowest BCUT2D eigenvalue weighted by molar-refractivity contribution is -0.119. The van der Waals surface area contributed by atoms with Gasteiger partial charge in [-0.3, -0.25) is 4.79 Å². The molecule has 2 unspecified atom stereocenters. The van der Waals surface area contributed by atoms with E-state index in [2.05, 4.69) is 10.3 Å². The van der Waals surface area contributed by atoms with Gasteiger partial charge in [0.25, 0.3) is 0 Å². The van der Waals surface area contributed by atoms with Crippen molar-refractivity contribution in [3.05, 3.63) is 23.6 Å². The molecule has 0 radical (unpaired) electrons. The Labute approximate surface area is 139 Å². The number of benzene rings is 1. The van der Waals surface area contributed by atoms with E-state index in [-0.39, 0.29) is 17.9 Å². The van der Waals surface area contributed by atoms with E-state index >= 15 is 0 Å². The Morgan fingerprint density at radius 1 is 1.26 bits per heavy atom. The fraction of sp³-hybridized carbons (Fsp3) is 0.375. The van der Waals surface area contributed by atoms with E-state index in [4.69, 9.17) is 15.2 Å². The Hall–Kier alpha value is -2.12. The molecule has 2 aromatic rings. The highest BCUT2D eigenvalue weighted by Gasteiger charge is 2.18. The summed E-state index contributed by atoms with van der Waals surface area (Å²) in [7, 11) is 3.18. The maximum absolute atomic E-state index is 12.0. The lowest BCUT2D eigenvalue weighted by atomic mass is 10.0. The summed E-state index contributed by atoms with van der Waals surface area (Å²) in [4.78, 5) is 16.5. The average Bonchev–Trinajstić information content (AvgIpc) is 3.01. The molecule has 0 saturated carbocycles. The topological polar surface area (TPSA) is 86.5 Å². The van der Waals surface area contributed by atoms with E-state index in [0.717, 1.165) is 11.3 Å². The van der Waals surface area contributed by atoms with Gasteiger partial charge in [-0.25, -0.2) is 4.98 Å². The number of hydrogen-bond donors (Lipinski definition) is 2. The van der Waals surface area contributed by atoms with Crippen LogP contribution < -0.4 is 20.5 Å². The third-order valence-electron chi connectivity index (χ3n) is 3.62. The van der Waals surface area contributed by atoms with Gasteiger partial charge in [-0.15, -0.1) is 11.3 Å². The molecule has 1 heterocycles. The zero-order valence-electron chi connectivity index (χ0n) is 13.6. The van der Waals surface area contributed by atoms with Gasteiger partial charge >= 0.3 is 0 Å². The third kappa shape index (κ3) is 4.00. The van der Waals surface area contributed by atoms with E-state index in [1.165, 1.54) is 11.3 Å². The smallest absolute Gasteiger partial charge is 0.230 e. The molecule has 0 saturated heterocycles. The normalized spacial score (nSPS) is 13.3. The number of amides is 1. The van der Waals surface area contributed by atoms with Crippen LogP contribution in [0.15, 0.2) is 23.6 Å². The van der Waals surface area contributed by atoms with Crippen LogP contribution in [0.25, 0.3) is 11.3 Å². The summed E-state index contributed by atoms with van der Waals surface area (Å²) >= 11 is 1.37. The van der Waals surface area contributed by atoms with Crippen molar-refractivity contribution < 1.29 is 14.3 Å². The van der Waals surface area contributed by atoms with Gasteiger partial charge in [-0.05, 0) is 25.1 Å². The monoisotopic (exact) mass is 335 g/mol. The van der Waals surface area contributed by atoms with Crippen molar-refractivity contribution in [1.29, 1.82) is 0 Å². The van der Waals surface area contributed by atoms with Crippen molar-refractivity contribution in [3.63, 3.8) is 0 Å². The van der Waals surface area contributed by atoms with Crippen molar-refractivity contribution in [2.24, 2.45) is 11.7 Å². The molecule has 0 aliphatic rings. The molecular weight excluding hydrogens is 314 g/mol. The standard InChI is InChI=1S/C16H21N3O3S/c1-9(10(2)17)15(20)19-16-18-12(8-23-16)11-5-6-13(21-3)14(7-11)22-4/h5-10H,17H2,1-4H3,(H,18,19,20). The van der Waals surface area contributed by atoms with Crippen molar-refractivity contribution in [1.82, 2.24) is 4.98 Å². The molecule has 2 atom stereocenters. The first-order valence-corrected chi connectivity index (χ1v) is 8.08. The predicted octanol–water partition coefficient (Wildman–Crippen LogP) is 2.75. The number of nitrogens with one attached hydrogen (secondary N) is 1. The number of rotatable bonds is 6. The van der Waals surface area contributed by atoms with Crippen LogP contribution in [0.3, 0.4) is 0 Å². The van der Waals surface area contributed by atoms with Gasteiger partial charge in [0.1, 0.15) is 0 Å². The van der Waals surface area contributed by atoms with Crippen LogP contribution in [0.5, 0.6) is 11.5 Å². The molecule has 1 aromatic carbocycles. The number of carbonyl (C=O) groups is 1. The number of carbonyl (C=O) groups excluding carboxylic acids is 1. The second-order valence-corrected chi connectivity index (χ2v) is 6.10. The molecule has 0 fully saturated rings. The van der Waals surface area contributed by atoms with Gasteiger partial charge in [0.05, 0.1) is 25.8 Å². The lowest BCUT2D eigenvalue weighted by Gasteiger charge is -2.13. The van der Waals surface area contributed by atoms with Crippen molar-refractivity contribution in [2.75, 3.05) is 19.5 Å². The molecule has 23 heavy (non-hydrogen) atoms. The predicted molar refractivity (Wildman–Crippen MR) is 92.1 cm³/mol. The number of ether oxygens (including phenoxy) is 2. The van der Waals surface area contributed by atoms with Gasteiger partial charge in [-0.1, -0.05) is 6.92 Å². The van der Waals surface area contributed by atoms with Crippen LogP contribution >= 0.6 is 11.3 Å². The summed E-state index contributed by atoms with van der Waals surface area (Å²) in [6.45, 7) is 3.60. The number of hydrogen-bond acceptors (Lipinski definition) is 6. The first-order valence-electron chi connectivity index (χ1n) is 7.20. The third-order valence-corrected chi connectivity index (χ3v) is 4.37. The van der Waals surface area contributed by atoms with Gasteiger partial charge in [-0.2, -0.15) is 0 Å². The first-order chi connectivity index (χ1) is 11.0. The van der Waals surface area contributed by atoms with Crippen LogP contribution in [0, 0.1) is 5.92 Å². The second-order valence-electron chi connectivity index (χ2n) is 5.24. The molecule has 1 aromatic heterocycles. The van der Waals surface area contributed by atoms with Crippen LogP contribution in [-0.2, 0) is 4.79 Å². The van der Waals surface area contributed by atoms with Crippen molar-refractivity contribution in [2.45, 2.75) is 19.9 Å². The number of anilines is 1. The number of methoxy groups -OCH3 is 2. The molecule has 0 spiro atoms. The molecule has 0 aliphatic carbocycles. The van der Waals surface area contributed by atoms with Crippen molar-refractivity contribution >= 4 is 22.4 Å². The molecule has 124 valence electrons. The number of aromatic nitrogens is 1. The number of nitrogens with zero attached hydrogens (tertiary/aromatic N) is 1. The van der Waals surface area contributed by atoms with E-state index in [9.17, 15) is 4.79 Å². The molecule has 1 amide bonds. The molecule has 3 N–H and O–H groups in total. The summed E-state index contributed by atoms with van der Waals surface area (Å²) < 4.78 is 10.5. The zero-order valence-corrected chi connectivity index (χ0v) is 14.4. The summed E-state index contributed by atoms with van der Waals surface area (Å²) in [6, 6.07) is 5.36. The highest BCUT2D eigenvalue weighted by Crippen LogP contribution is 2.33. The fourth-order valence-electron chi connectivity index (χ4n) is 1.92. The summed E-state index contributed by atoms with van der Waals surface area (Å²) in [5.74, 6) is 0.886. The second kappa shape index (κ2) is 7.43. The average molecular weight is 335 g/mol. The lowest BCUT2D eigenvalue weighted by Crippen LogP contribution is -2.34. The van der Waals surface area contributed by atoms with E-state index in [0.29, 0.717) is 16.6 Å². The summed E-state index contributed by atoms with van der Waals surface area (Å²) in [5, 5.41) is 5.23. The van der Waals surface area contributed by atoms with E-state index in [1.807, 2.05) is 23.6 Å².